The van der Waals surface area contributed by atoms with Gasteiger partial charge < -0.3 is 10.4 Å². The summed E-state index contributed by atoms with van der Waals surface area (Å²) in [4.78, 5) is 14.8. The van der Waals surface area contributed by atoms with Crippen LogP contribution in [0.25, 0.3) is 0 Å². The minimum atomic E-state index is -0.671. The second-order valence-corrected chi connectivity index (χ2v) is 2.91. The van der Waals surface area contributed by atoms with Crippen molar-refractivity contribution in [3.63, 3.8) is 0 Å². The molecule has 0 aliphatic carbocycles. The molecular weight excluding hydrogens is 187 g/mol. The van der Waals surface area contributed by atoms with E-state index in [9.17, 15) is 9.18 Å². The van der Waals surface area contributed by atoms with Gasteiger partial charge in [-0.1, -0.05) is 0 Å². The van der Waals surface area contributed by atoms with E-state index in [0.29, 0.717) is 0 Å². The van der Waals surface area contributed by atoms with E-state index >= 15 is 0 Å². The number of nitrogens with zero attached hydrogens (tertiary/aromatic N) is 1. The number of hydrogen-bond acceptors (Lipinski definition) is 3. The number of nitrogens with one attached hydrogen (secondary N) is 1. The molecule has 1 aromatic heterocycles. The van der Waals surface area contributed by atoms with Crippen LogP contribution in [0.15, 0.2) is 18.5 Å². The van der Waals surface area contributed by atoms with Crippen LogP contribution >= 0.6 is 0 Å². The Hall–Kier alpha value is -1.49. The molecule has 0 saturated carbocycles. The zero-order chi connectivity index (χ0) is 10.6. The van der Waals surface area contributed by atoms with Crippen LogP contribution in [0.5, 0.6) is 0 Å². The highest BCUT2D eigenvalue weighted by molar-refractivity contribution is 5.94. The maximum Gasteiger partial charge on any atom is 0.254 e. The van der Waals surface area contributed by atoms with E-state index in [4.69, 9.17) is 5.11 Å². The molecule has 4 nitrogen and oxygen atoms in total. The van der Waals surface area contributed by atoms with Crippen LogP contribution in [0.4, 0.5) is 4.39 Å². The van der Waals surface area contributed by atoms with Gasteiger partial charge in [-0.2, -0.15) is 0 Å². The number of carbonyl (C=O) groups is 1. The standard InChI is InChI=1S/C9H11FN2O2/c1-6(13)4-12-9(14)7-2-3-11-5-8(7)10/h2-3,5-6,13H,4H2,1H3,(H,12,14). The monoisotopic (exact) mass is 198 g/mol. The van der Waals surface area contributed by atoms with E-state index < -0.39 is 17.8 Å². The predicted molar refractivity (Wildman–Crippen MR) is 48.2 cm³/mol. The predicted octanol–water partition coefficient (Wildman–Crippen LogP) is 0.331. The largest absolute Gasteiger partial charge is 0.392 e. The topological polar surface area (TPSA) is 62.2 Å². The lowest BCUT2D eigenvalue weighted by Gasteiger charge is -2.06. The van der Waals surface area contributed by atoms with Crippen molar-refractivity contribution in [1.82, 2.24) is 10.3 Å². The normalized spacial score (nSPS) is 12.2. The van der Waals surface area contributed by atoms with Crippen molar-refractivity contribution in [3.8, 4) is 0 Å². The Balaban J connectivity index is 2.65. The lowest BCUT2D eigenvalue weighted by atomic mass is 10.2. The highest BCUT2D eigenvalue weighted by Gasteiger charge is 2.10. The van der Waals surface area contributed by atoms with Crippen molar-refractivity contribution >= 4 is 5.91 Å². The average Bonchev–Trinajstić information content (AvgIpc) is 2.15. The number of pyridine rings is 1. The summed E-state index contributed by atoms with van der Waals surface area (Å²) in [6.07, 6.45) is 1.65. The van der Waals surface area contributed by atoms with Gasteiger partial charge in [0.25, 0.3) is 5.91 Å². The molecule has 5 heteroatoms. The maximum atomic E-state index is 13.0. The lowest BCUT2D eigenvalue weighted by Crippen LogP contribution is -2.31. The van der Waals surface area contributed by atoms with Crippen molar-refractivity contribution < 1.29 is 14.3 Å². The number of amides is 1. The van der Waals surface area contributed by atoms with Crippen molar-refractivity contribution in [3.05, 3.63) is 29.8 Å². The molecule has 0 radical (unpaired) electrons. The molecule has 1 rings (SSSR count). The molecule has 0 aromatic carbocycles. The first-order valence-electron chi connectivity index (χ1n) is 4.17. The number of aliphatic hydroxyl groups is 1. The Labute approximate surface area is 80.8 Å². The van der Waals surface area contributed by atoms with Crippen molar-refractivity contribution in [2.45, 2.75) is 13.0 Å². The Morgan fingerprint density at radius 1 is 1.79 bits per heavy atom. The van der Waals surface area contributed by atoms with Crippen molar-refractivity contribution in [1.29, 1.82) is 0 Å². The third-order valence-electron chi connectivity index (χ3n) is 1.58. The van der Waals surface area contributed by atoms with Crippen LogP contribution in [0.2, 0.25) is 0 Å². The number of halogens is 1. The summed E-state index contributed by atoms with van der Waals surface area (Å²) in [6, 6.07) is 1.28. The second-order valence-electron chi connectivity index (χ2n) is 2.91. The Morgan fingerprint density at radius 2 is 2.50 bits per heavy atom. The first-order valence-corrected chi connectivity index (χ1v) is 4.17. The summed E-state index contributed by atoms with van der Waals surface area (Å²) in [5, 5.41) is 11.3. The number of rotatable bonds is 3. The minimum Gasteiger partial charge on any atom is -0.392 e. The Bertz CT molecular complexity index is 328. The molecular formula is C9H11FN2O2. The first-order chi connectivity index (χ1) is 6.61. The van der Waals surface area contributed by atoms with Crippen LogP contribution in [0, 0.1) is 5.82 Å². The van der Waals surface area contributed by atoms with Crippen molar-refractivity contribution in [2.75, 3.05) is 6.54 Å². The summed E-state index contributed by atoms with van der Waals surface area (Å²) < 4.78 is 13.0. The molecule has 76 valence electrons. The second kappa shape index (κ2) is 4.66. The molecule has 0 aliphatic heterocycles. The number of aromatic nitrogens is 1. The summed E-state index contributed by atoms with van der Waals surface area (Å²) in [6.45, 7) is 1.63. The fraction of sp³-hybridized carbons (Fsp3) is 0.333. The SMILES string of the molecule is CC(O)CNC(=O)c1ccncc1F. The minimum absolute atomic E-state index is 0.0688. The number of aliphatic hydroxyl groups excluding tert-OH is 1. The van der Waals surface area contributed by atoms with E-state index in [1.807, 2.05) is 0 Å². The van der Waals surface area contributed by atoms with Gasteiger partial charge in [0.05, 0.1) is 17.9 Å². The van der Waals surface area contributed by atoms with Gasteiger partial charge in [0.2, 0.25) is 0 Å². The van der Waals surface area contributed by atoms with E-state index in [0.717, 1.165) is 6.20 Å². The molecule has 2 N–H and O–H groups in total. The molecule has 0 bridgehead atoms. The molecule has 14 heavy (non-hydrogen) atoms. The van der Waals surface area contributed by atoms with Crippen LogP contribution < -0.4 is 5.32 Å². The van der Waals surface area contributed by atoms with Gasteiger partial charge in [0.15, 0.2) is 5.82 Å². The van der Waals surface area contributed by atoms with Crippen LogP contribution in [0.3, 0.4) is 0 Å². The smallest absolute Gasteiger partial charge is 0.254 e. The van der Waals surface area contributed by atoms with Gasteiger partial charge in [-0.25, -0.2) is 4.39 Å². The quantitative estimate of drug-likeness (QED) is 0.735. The van der Waals surface area contributed by atoms with E-state index in [-0.39, 0.29) is 12.1 Å². The van der Waals surface area contributed by atoms with Crippen molar-refractivity contribution in [2.24, 2.45) is 0 Å². The third kappa shape index (κ3) is 2.77. The molecule has 0 aliphatic rings. The molecule has 1 amide bonds. The van der Waals surface area contributed by atoms with E-state index in [2.05, 4.69) is 10.3 Å². The zero-order valence-corrected chi connectivity index (χ0v) is 7.70. The highest BCUT2D eigenvalue weighted by atomic mass is 19.1. The molecule has 1 unspecified atom stereocenters. The van der Waals surface area contributed by atoms with E-state index in [1.54, 1.807) is 0 Å². The van der Waals surface area contributed by atoms with Gasteiger partial charge in [0, 0.05) is 12.7 Å². The summed E-state index contributed by atoms with van der Waals surface area (Å²) >= 11 is 0. The molecule has 0 saturated heterocycles. The van der Waals surface area contributed by atoms with Gasteiger partial charge in [0.1, 0.15) is 0 Å². The summed E-state index contributed by atoms with van der Waals surface area (Å²) in [7, 11) is 0. The average molecular weight is 198 g/mol. The van der Waals surface area contributed by atoms with E-state index in [1.165, 1.54) is 19.2 Å². The van der Waals surface area contributed by atoms with Gasteiger partial charge in [-0.15, -0.1) is 0 Å². The Morgan fingerprint density at radius 3 is 3.07 bits per heavy atom. The maximum absolute atomic E-state index is 13.0. The van der Waals surface area contributed by atoms with Gasteiger partial charge in [-0.05, 0) is 13.0 Å². The Kier molecular flexibility index (Phi) is 3.53. The third-order valence-corrected chi connectivity index (χ3v) is 1.58. The summed E-state index contributed by atoms with van der Waals surface area (Å²) in [5.41, 5.74) is -0.0688. The molecule has 1 atom stereocenters. The van der Waals surface area contributed by atoms with Crippen LogP contribution in [0.1, 0.15) is 17.3 Å². The molecule has 0 spiro atoms. The van der Waals surface area contributed by atoms with Crippen LogP contribution in [-0.4, -0.2) is 28.6 Å². The number of hydrogen-bond donors (Lipinski definition) is 2. The molecule has 1 heterocycles. The van der Waals surface area contributed by atoms with Gasteiger partial charge in [-0.3, -0.25) is 9.78 Å². The molecule has 0 fully saturated rings. The van der Waals surface area contributed by atoms with Gasteiger partial charge >= 0.3 is 0 Å². The summed E-state index contributed by atoms with van der Waals surface area (Å²) in [5.74, 6) is -1.22. The zero-order valence-electron chi connectivity index (χ0n) is 7.70. The van der Waals surface area contributed by atoms with Crippen LogP contribution in [-0.2, 0) is 0 Å². The fourth-order valence-corrected chi connectivity index (χ4v) is 0.895. The fourth-order valence-electron chi connectivity index (χ4n) is 0.895. The highest BCUT2D eigenvalue weighted by Crippen LogP contribution is 2.03. The first kappa shape index (κ1) is 10.6. The molecule has 1 aromatic rings. The lowest BCUT2D eigenvalue weighted by molar-refractivity contribution is 0.0920. The number of carbonyl (C=O) groups excluding carboxylic acids is 1.